The van der Waals surface area contributed by atoms with Crippen LogP contribution < -0.4 is 5.73 Å². The van der Waals surface area contributed by atoms with E-state index in [1.807, 2.05) is 12.1 Å². The van der Waals surface area contributed by atoms with Gasteiger partial charge in [0.25, 0.3) is 0 Å². The molecule has 0 saturated heterocycles. The molecule has 0 aliphatic rings. The van der Waals surface area contributed by atoms with Gasteiger partial charge in [-0.3, -0.25) is 4.79 Å². The topological polar surface area (TPSA) is 73.8 Å². The van der Waals surface area contributed by atoms with Crippen LogP contribution in [0.25, 0.3) is 5.69 Å². The summed E-state index contributed by atoms with van der Waals surface area (Å²) in [5.41, 5.74) is 9.11. The average Bonchev–Trinajstić information content (AvgIpc) is 3.04. The summed E-state index contributed by atoms with van der Waals surface area (Å²) in [6.45, 7) is 6.46. The molecule has 3 aromatic rings. The lowest BCUT2D eigenvalue weighted by atomic mass is 9.87. The fourth-order valence-corrected chi connectivity index (χ4v) is 2.45. The molecule has 0 unspecified atom stereocenters. The Bertz CT molecular complexity index is 890. The van der Waals surface area contributed by atoms with Crippen molar-refractivity contribution in [3.05, 3.63) is 71.5 Å². The van der Waals surface area contributed by atoms with Crippen molar-refractivity contribution in [2.45, 2.75) is 26.2 Å². The number of hydrogen-bond acceptors (Lipinski definition) is 4. The maximum atomic E-state index is 12.5. The fourth-order valence-electron chi connectivity index (χ4n) is 2.45. The Labute approximate surface area is 141 Å². The molecule has 5 nitrogen and oxygen atoms in total. The van der Waals surface area contributed by atoms with Crippen LogP contribution in [0.1, 0.15) is 42.4 Å². The number of rotatable bonds is 3. The van der Waals surface area contributed by atoms with Gasteiger partial charge in [0.2, 0.25) is 5.78 Å². The molecule has 3 rings (SSSR count). The van der Waals surface area contributed by atoms with Crippen molar-refractivity contribution in [1.29, 1.82) is 0 Å². The maximum absolute atomic E-state index is 12.5. The minimum absolute atomic E-state index is 0.0354. The summed E-state index contributed by atoms with van der Waals surface area (Å²) in [6.07, 6.45) is 1.64. The van der Waals surface area contributed by atoms with Gasteiger partial charge in [0, 0.05) is 11.3 Å². The van der Waals surface area contributed by atoms with E-state index in [0.717, 1.165) is 5.69 Å². The van der Waals surface area contributed by atoms with E-state index < -0.39 is 0 Å². The molecule has 0 radical (unpaired) electrons. The van der Waals surface area contributed by atoms with Gasteiger partial charge in [0.05, 0.1) is 11.9 Å². The van der Waals surface area contributed by atoms with Crippen molar-refractivity contribution >= 4 is 11.5 Å². The van der Waals surface area contributed by atoms with E-state index in [-0.39, 0.29) is 16.9 Å². The Kier molecular flexibility index (Phi) is 3.93. The number of carbonyl (C=O) groups is 1. The summed E-state index contributed by atoms with van der Waals surface area (Å²) in [5.74, 6) is -0.230. The van der Waals surface area contributed by atoms with E-state index in [1.54, 1.807) is 35.1 Å². The quantitative estimate of drug-likeness (QED) is 0.593. The minimum atomic E-state index is -0.230. The van der Waals surface area contributed by atoms with Crippen LogP contribution in [0.15, 0.2) is 54.7 Å². The van der Waals surface area contributed by atoms with Gasteiger partial charge in [-0.25, -0.2) is 4.68 Å². The summed E-state index contributed by atoms with van der Waals surface area (Å²) < 4.78 is 1.61. The van der Waals surface area contributed by atoms with Crippen LogP contribution in [0, 0.1) is 0 Å². The van der Waals surface area contributed by atoms with Crippen molar-refractivity contribution in [2.75, 3.05) is 5.73 Å². The lowest BCUT2D eigenvalue weighted by molar-refractivity contribution is 0.103. The molecule has 0 amide bonds. The van der Waals surface area contributed by atoms with Crippen LogP contribution in [-0.4, -0.2) is 20.8 Å². The standard InChI is InChI=1S/C19H20N4O/c1-19(2,3)13-7-6-8-14(11-13)23-12-17(21-22-23)18(24)15-9-4-5-10-16(15)20/h4-12H,20H2,1-3H3. The van der Waals surface area contributed by atoms with E-state index in [4.69, 9.17) is 5.73 Å². The Morgan fingerprint density at radius 2 is 1.83 bits per heavy atom. The molecule has 0 saturated carbocycles. The Balaban J connectivity index is 1.94. The molecule has 2 N–H and O–H groups in total. The highest BCUT2D eigenvalue weighted by Crippen LogP contribution is 2.24. The number of nitrogens with two attached hydrogens (primary N) is 1. The molecule has 2 aromatic carbocycles. The van der Waals surface area contributed by atoms with E-state index in [2.05, 4.69) is 43.2 Å². The minimum Gasteiger partial charge on any atom is -0.398 e. The summed E-state index contributed by atoms with van der Waals surface area (Å²) >= 11 is 0. The Morgan fingerprint density at radius 3 is 2.54 bits per heavy atom. The zero-order chi connectivity index (χ0) is 17.3. The van der Waals surface area contributed by atoms with Crippen molar-refractivity contribution in [2.24, 2.45) is 0 Å². The largest absolute Gasteiger partial charge is 0.398 e. The zero-order valence-corrected chi connectivity index (χ0v) is 14.0. The smallest absolute Gasteiger partial charge is 0.216 e. The average molecular weight is 320 g/mol. The van der Waals surface area contributed by atoms with Crippen LogP contribution in [0.2, 0.25) is 0 Å². The van der Waals surface area contributed by atoms with Gasteiger partial charge in [0.15, 0.2) is 5.69 Å². The van der Waals surface area contributed by atoms with Crippen LogP contribution in [0.5, 0.6) is 0 Å². The third kappa shape index (κ3) is 3.06. The second-order valence-corrected chi connectivity index (χ2v) is 6.77. The van der Waals surface area contributed by atoms with E-state index in [1.165, 1.54) is 5.56 Å². The SMILES string of the molecule is CC(C)(C)c1cccc(-n2cc(C(=O)c3ccccc3N)nn2)c1. The number of nitrogens with zero attached hydrogens (tertiary/aromatic N) is 3. The maximum Gasteiger partial charge on any atom is 0.216 e. The van der Waals surface area contributed by atoms with E-state index >= 15 is 0 Å². The second-order valence-electron chi connectivity index (χ2n) is 6.77. The van der Waals surface area contributed by atoms with Crippen molar-refractivity contribution in [3.8, 4) is 5.69 Å². The highest BCUT2D eigenvalue weighted by atomic mass is 16.1. The van der Waals surface area contributed by atoms with Gasteiger partial charge in [-0.15, -0.1) is 5.10 Å². The molecule has 0 spiro atoms. The molecule has 5 heteroatoms. The number of benzene rings is 2. The number of carbonyl (C=O) groups excluding carboxylic acids is 1. The molecule has 1 heterocycles. The highest BCUT2D eigenvalue weighted by Gasteiger charge is 2.17. The first-order chi connectivity index (χ1) is 11.4. The Hall–Kier alpha value is -2.95. The summed E-state index contributed by atoms with van der Waals surface area (Å²) in [4.78, 5) is 12.5. The molecular weight excluding hydrogens is 300 g/mol. The predicted octanol–water partition coefficient (Wildman–Crippen LogP) is 3.38. The lowest BCUT2D eigenvalue weighted by Gasteiger charge is -2.19. The van der Waals surface area contributed by atoms with Crippen molar-refractivity contribution in [1.82, 2.24) is 15.0 Å². The predicted molar refractivity (Wildman–Crippen MR) is 94.3 cm³/mol. The second kappa shape index (κ2) is 5.92. The van der Waals surface area contributed by atoms with E-state index in [9.17, 15) is 4.79 Å². The molecule has 1 aromatic heterocycles. The van der Waals surface area contributed by atoms with Crippen LogP contribution in [-0.2, 0) is 5.41 Å². The third-order valence-electron chi connectivity index (χ3n) is 3.91. The van der Waals surface area contributed by atoms with Gasteiger partial charge in [-0.2, -0.15) is 0 Å². The number of ketones is 1. The highest BCUT2D eigenvalue weighted by molar-refractivity contribution is 6.10. The fraction of sp³-hybridized carbons (Fsp3) is 0.211. The first kappa shape index (κ1) is 15.9. The summed E-state index contributed by atoms with van der Waals surface area (Å²) in [5, 5.41) is 8.10. The number of anilines is 1. The molecule has 0 atom stereocenters. The summed E-state index contributed by atoms with van der Waals surface area (Å²) in [7, 11) is 0. The first-order valence-corrected chi connectivity index (χ1v) is 7.79. The van der Waals surface area contributed by atoms with Crippen LogP contribution >= 0.6 is 0 Å². The van der Waals surface area contributed by atoms with Gasteiger partial charge >= 0.3 is 0 Å². The lowest BCUT2D eigenvalue weighted by Crippen LogP contribution is -2.11. The zero-order valence-electron chi connectivity index (χ0n) is 14.0. The number of aromatic nitrogens is 3. The van der Waals surface area contributed by atoms with Crippen LogP contribution in [0.3, 0.4) is 0 Å². The molecule has 0 bridgehead atoms. The molecule has 0 aliphatic carbocycles. The molecule has 24 heavy (non-hydrogen) atoms. The molecule has 0 aliphatic heterocycles. The van der Waals surface area contributed by atoms with Gasteiger partial charge in [-0.1, -0.05) is 50.3 Å². The number of para-hydroxylation sites is 1. The number of nitrogen functional groups attached to an aromatic ring is 1. The monoisotopic (exact) mass is 320 g/mol. The van der Waals surface area contributed by atoms with Gasteiger partial charge in [0.1, 0.15) is 0 Å². The molecule has 122 valence electrons. The van der Waals surface area contributed by atoms with Crippen molar-refractivity contribution in [3.63, 3.8) is 0 Å². The normalized spacial score (nSPS) is 11.5. The third-order valence-corrected chi connectivity index (χ3v) is 3.91. The van der Waals surface area contributed by atoms with Crippen molar-refractivity contribution < 1.29 is 4.79 Å². The number of hydrogen-bond donors (Lipinski definition) is 1. The van der Waals surface area contributed by atoms with Gasteiger partial charge in [-0.05, 0) is 35.2 Å². The van der Waals surface area contributed by atoms with Gasteiger partial charge < -0.3 is 5.73 Å². The summed E-state index contributed by atoms with van der Waals surface area (Å²) in [6, 6.07) is 15.0. The first-order valence-electron chi connectivity index (χ1n) is 7.79. The van der Waals surface area contributed by atoms with Crippen LogP contribution in [0.4, 0.5) is 5.69 Å². The molecular formula is C19H20N4O. The Morgan fingerprint density at radius 1 is 1.08 bits per heavy atom. The van der Waals surface area contributed by atoms with E-state index in [0.29, 0.717) is 11.3 Å². The molecule has 0 fully saturated rings.